The lowest BCUT2D eigenvalue weighted by Crippen LogP contribution is -2.20. The number of esters is 1. The summed E-state index contributed by atoms with van der Waals surface area (Å²) < 4.78 is 31.8. The maximum atomic E-state index is 13.2. The number of hydrogen-bond acceptors (Lipinski definition) is 8. The second-order valence-corrected chi connectivity index (χ2v) is 6.57. The lowest BCUT2D eigenvalue weighted by molar-refractivity contribution is 0.0599. The average Bonchev–Trinajstić information content (AvgIpc) is 2.78. The number of rotatable bonds is 6. The molecule has 0 spiro atoms. The van der Waals surface area contributed by atoms with E-state index in [0.29, 0.717) is 34.1 Å². The normalized spacial score (nSPS) is 13.9. The van der Waals surface area contributed by atoms with Crippen LogP contribution in [0.3, 0.4) is 0 Å². The lowest BCUT2D eigenvalue weighted by Gasteiger charge is -2.23. The monoisotopic (exact) mass is 526 g/mol. The third-order valence-corrected chi connectivity index (χ3v) is 5.00. The van der Waals surface area contributed by atoms with E-state index in [0.717, 1.165) is 0 Å². The van der Waals surface area contributed by atoms with Crippen LogP contribution in [0.4, 0.5) is 0 Å². The molecule has 9 heteroatoms. The Bertz CT molecular complexity index is 1030. The number of ketones is 1. The second-order valence-electron chi connectivity index (χ2n) is 6.13. The maximum Gasteiger partial charge on any atom is 0.341 e. The fourth-order valence-corrected chi connectivity index (χ4v) is 3.51. The molecule has 0 bridgehead atoms. The van der Waals surface area contributed by atoms with Crippen LogP contribution < -0.4 is 22.0 Å². The molecule has 0 saturated carbocycles. The molecule has 1 aliphatic rings. The first-order valence-electron chi connectivity index (χ1n) is 8.71. The zero-order chi connectivity index (χ0) is 21.8. The summed E-state index contributed by atoms with van der Waals surface area (Å²) in [4.78, 5) is 25.2. The Kier molecular flexibility index (Phi) is 6.70. The minimum Gasteiger partial charge on any atom is -0.493 e. The third kappa shape index (κ3) is 3.89. The molecule has 1 aliphatic heterocycles. The Morgan fingerprint density at radius 3 is 2.37 bits per heavy atom. The van der Waals surface area contributed by atoms with E-state index in [2.05, 4.69) is 0 Å². The summed E-state index contributed by atoms with van der Waals surface area (Å²) in [6.45, 7) is 0.0442. The number of fused-ring (bicyclic) bond motifs is 1. The van der Waals surface area contributed by atoms with Crippen molar-refractivity contribution < 1.29 is 36.3 Å². The molecule has 8 nitrogen and oxygen atoms in total. The van der Waals surface area contributed by atoms with E-state index >= 15 is 0 Å². The molecule has 0 radical (unpaired) electrons. The molecule has 1 heterocycles. The SMILES string of the molecule is COC(=O)c1cc(/C=C2\COc3cc(OC)c(OC)c(OC)c3C2=O)ccc1OI. The minimum atomic E-state index is -0.544. The van der Waals surface area contributed by atoms with Gasteiger partial charge in [-0.2, -0.15) is 0 Å². The van der Waals surface area contributed by atoms with Gasteiger partial charge < -0.3 is 26.8 Å². The molecular formula is C21H19IO8. The summed E-state index contributed by atoms with van der Waals surface area (Å²) in [6.07, 6.45) is 1.64. The van der Waals surface area contributed by atoms with Crippen molar-refractivity contribution in [1.29, 1.82) is 0 Å². The van der Waals surface area contributed by atoms with E-state index in [1.165, 1.54) is 28.4 Å². The topological polar surface area (TPSA) is 89.5 Å². The van der Waals surface area contributed by atoms with Gasteiger partial charge in [0, 0.05) is 11.6 Å². The molecular weight excluding hydrogens is 507 g/mol. The van der Waals surface area contributed by atoms with E-state index in [1.807, 2.05) is 0 Å². The van der Waals surface area contributed by atoms with Crippen LogP contribution in [0.2, 0.25) is 0 Å². The number of carbonyl (C=O) groups excluding carboxylic acids is 2. The fourth-order valence-electron chi connectivity index (χ4n) is 3.13. The maximum absolute atomic E-state index is 13.2. The minimum absolute atomic E-state index is 0.0442. The Morgan fingerprint density at radius 1 is 1.03 bits per heavy atom. The Hall–Kier alpha value is -2.95. The number of Topliss-reactive ketones (excluding diaryl/α,β-unsaturated/α-hetero) is 1. The predicted molar refractivity (Wildman–Crippen MR) is 116 cm³/mol. The highest BCUT2D eigenvalue weighted by Crippen LogP contribution is 2.47. The van der Waals surface area contributed by atoms with Gasteiger partial charge in [-0.05, 0) is 23.8 Å². The molecule has 30 heavy (non-hydrogen) atoms. The first-order chi connectivity index (χ1) is 14.5. The highest BCUT2D eigenvalue weighted by Gasteiger charge is 2.32. The zero-order valence-electron chi connectivity index (χ0n) is 16.7. The second kappa shape index (κ2) is 9.24. The van der Waals surface area contributed by atoms with Crippen molar-refractivity contribution in [2.45, 2.75) is 0 Å². The standard InChI is InChI=1S/C21H19IO8/c1-25-16-9-15-17(20(27-3)19(16)26-2)18(23)12(10-29-15)7-11-5-6-14(30-22)13(8-11)21(24)28-4/h5-9H,10H2,1-4H3/b12-7+. The summed E-state index contributed by atoms with van der Waals surface area (Å²) in [5, 5.41) is 0. The van der Waals surface area contributed by atoms with Crippen LogP contribution in [0.25, 0.3) is 6.08 Å². The molecule has 0 amide bonds. The molecule has 0 saturated heterocycles. The van der Waals surface area contributed by atoms with E-state index in [4.69, 9.17) is 26.8 Å². The third-order valence-electron chi connectivity index (χ3n) is 4.53. The zero-order valence-corrected chi connectivity index (χ0v) is 18.9. The van der Waals surface area contributed by atoms with E-state index in [9.17, 15) is 9.59 Å². The highest BCUT2D eigenvalue weighted by molar-refractivity contribution is 14.1. The van der Waals surface area contributed by atoms with Crippen LogP contribution in [0.15, 0.2) is 29.8 Å². The summed E-state index contributed by atoms with van der Waals surface area (Å²) in [6, 6.07) is 6.53. The molecule has 0 aromatic heterocycles. The van der Waals surface area contributed by atoms with Gasteiger partial charge in [-0.15, -0.1) is 0 Å². The summed E-state index contributed by atoms with van der Waals surface area (Å²) in [5.41, 5.74) is 1.48. The Balaban J connectivity index is 2.07. The van der Waals surface area contributed by atoms with Crippen molar-refractivity contribution in [3.05, 3.63) is 46.5 Å². The number of benzene rings is 2. The molecule has 2 aromatic rings. The Labute approximate surface area is 187 Å². The van der Waals surface area contributed by atoms with E-state index in [1.54, 1.807) is 53.3 Å². The molecule has 0 N–H and O–H groups in total. The number of methoxy groups -OCH3 is 4. The molecule has 158 valence electrons. The molecule has 3 rings (SSSR count). The molecule has 0 unspecified atom stereocenters. The first kappa shape index (κ1) is 21.8. The van der Waals surface area contributed by atoms with Gasteiger partial charge in [-0.3, -0.25) is 4.79 Å². The van der Waals surface area contributed by atoms with Gasteiger partial charge in [-0.25, -0.2) is 4.79 Å². The number of hydrogen-bond donors (Lipinski definition) is 0. The summed E-state index contributed by atoms with van der Waals surface area (Å²) >= 11 is 1.69. The van der Waals surface area contributed by atoms with E-state index < -0.39 is 5.97 Å². The molecule has 0 fully saturated rings. The van der Waals surface area contributed by atoms with Gasteiger partial charge in [0.2, 0.25) is 5.75 Å². The summed E-state index contributed by atoms with van der Waals surface area (Å²) in [7, 11) is 5.67. The van der Waals surface area contributed by atoms with Crippen molar-refractivity contribution >= 4 is 40.8 Å². The van der Waals surface area contributed by atoms with Gasteiger partial charge in [0.05, 0.1) is 28.4 Å². The number of carbonyl (C=O) groups is 2. The van der Waals surface area contributed by atoms with Crippen LogP contribution in [0, 0.1) is 0 Å². The highest BCUT2D eigenvalue weighted by atomic mass is 127. The van der Waals surface area contributed by atoms with Crippen LogP contribution in [0.1, 0.15) is 26.3 Å². The number of ether oxygens (including phenoxy) is 5. The average molecular weight is 526 g/mol. The van der Waals surface area contributed by atoms with E-state index in [-0.39, 0.29) is 29.3 Å². The number of halogens is 1. The predicted octanol–water partition coefficient (Wildman–Crippen LogP) is 3.89. The smallest absolute Gasteiger partial charge is 0.341 e. The van der Waals surface area contributed by atoms with Crippen molar-refractivity contribution in [2.24, 2.45) is 0 Å². The van der Waals surface area contributed by atoms with Gasteiger partial charge >= 0.3 is 5.97 Å². The van der Waals surface area contributed by atoms with Crippen LogP contribution in [0.5, 0.6) is 28.7 Å². The van der Waals surface area contributed by atoms with Crippen molar-refractivity contribution in [3.63, 3.8) is 0 Å². The Morgan fingerprint density at radius 2 is 1.77 bits per heavy atom. The summed E-state index contributed by atoms with van der Waals surface area (Å²) in [5.74, 6) is 0.806. The van der Waals surface area contributed by atoms with Crippen molar-refractivity contribution in [2.75, 3.05) is 35.0 Å². The molecule has 0 aliphatic carbocycles. The van der Waals surface area contributed by atoms with Crippen LogP contribution >= 0.6 is 23.0 Å². The lowest BCUT2D eigenvalue weighted by atomic mass is 9.96. The first-order valence-corrected chi connectivity index (χ1v) is 9.59. The van der Waals surface area contributed by atoms with Crippen molar-refractivity contribution in [1.82, 2.24) is 0 Å². The fraction of sp³-hybridized carbons (Fsp3) is 0.238. The molecule has 0 atom stereocenters. The largest absolute Gasteiger partial charge is 0.493 e. The van der Waals surface area contributed by atoms with Gasteiger partial charge in [0.1, 0.15) is 29.2 Å². The van der Waals surface area contributed by atoms with Gasteiger partial charge in [0.15, 0.2) is 40.3 Å². The van der Waals surface area contributed by atoms with Gasteiger partial charge in [0.25, 0.3) is 0 Å². The van der Waals surface area contributed by atoms with Crippen LogP contribution in [-0.4, -0.2) is 46.8 Å². The van der Waals surface area contributed by atoms with Crippen LogP contribution in [-0.2, 0) is 4.74 Å². The molecule has 2 aromatic carbocycles. The van der Waals surface area contributed by atoms with Gasteiger partial charge in [-0.1, -0.05) is 6.07 Å². The van der Waals surface area contributed by atoms with Crippen molar-refractivity contribution in [3.8, 4) is 28.7 Å². The quantitative estimate of drug-likeness (QED) is 0.319.